The lowest BCUT2D eigenvalue weighted by molar-refractivity contribution is 0.0697. The summed E-state index contributed by atoms with van der Waals surface area (Å²) in [6.45, 7) is 2.68. The van der Waals surface area contributed by atoms with E-state index >= 15 is 0 Å². The van der Waals surface area contributed by atoms with Gasteiger partial charge in [-0.1, -0.05) is 6.92 Å². The van der Waals surface area contributed by atoms with Crippen LogP contribution in [0.1, 0.15) is 17.3 Å². The zero-order chi connectivity index (χ0) is 12.1. The number of anilines is 1. The van der Waals surface area contributed by atoms with Gasteiger partial charge in [-0.3, -0.25) is 0 Å². The molecule has 0 aliphatic rings. The molecule has 1 atom stereocenters. The monoisotopic (exact) mass is 243 g/mol. The molecule has 1 aromatic rings. The van der Waals surface area contributed by atoms with Gasteiger partial charge in [0.15, 0.2) is 0 Å². The molecule has 0 amide bonds. The van der Waals surface area contributed by atoms with Crippen molar-refractivity contribution < 1.29 is 14.3 Å². The molecule has 0 fully saturated rings. The van der Waals surface area contributed by atoms with Crippen molar-refractivity contribution in [2.75, 3.05) is 18.1 Å². The maximum Gasteiger partial charge on any atom is 0.337 e. The van der Waals surface area contributed by atoms with Gasteiger partial charge >= 0.3 is 5.97 Å². The predicted molar refractivity (Wildman–Crippen MR) is 64.8 cm³/mol. The quantitative estimate of drug-likeness (QED) is 0.834. The zero-order valence-corrected chi connectivity index (χ0v) is 9.97. The van der Waals surface area contributed by atoms with Gasteiger partial charge in [0.2, 0.25) is 0 Å². The standard InChI is InChI=1S/C11H14FNO2S/c1-7(16-2)6-13-10-4-3-8(12)5-9(10)11(14)15/h3-5,7,13H,6H2,1-2H3,(H,14,15). The molecule has 1 rings (SSSR count). The molecule has 16 heavy (non-hydrogen) atoms. The Labute approximate surface area is 98.1 Å². The van der Waals surface area contributed by atoms with E-state index in [1.165, 1.54) is 12.1 Å². The van der Waals surface area contributed by atoms with Crippen molar-refractivity contribution in [1.82, 2.24) is 0 Å². The lowest BCUT2D eigenvalue weighted by Crippen LogP contribution is -2.15. The van der Waals surface area contributed by atoms with Crippen molar-refractivity contribution in [3.05, 3.63) is 29.6 Å². The summed E-state index contributed by atoms with van der Waals surface area (Å²) in [6.07, 6.45) is 1.98. The maximum atomic E-state index is 12.9. The van der Waals surface area contributed by atoms with E-state index in [0.29, 0.717) is 17.5 Å². The van der Waals surface area contributed by atoms with Crippen LogP contribution in [0.2, 0.25) is 0 Å². The van der Waals surface area contributed by atoms with Crippen LogP contribution in [0.25, 0.3) is 0 Å². The third-order valence-corrected chi connectivity index (χ3v) is 3.17. The summed E-state index contributed by atoms with van der Waals surface area (Å²) >= 11 is 1.68. The van der Waals surface area contributed by atoms with Crippen LogP contribution < -0.4 is 5.32 Å². The van der Waals surface area contributed by atoms with E-state index in [1.807, 2.05) is 13.2 Å². The number of carboxylic acid groups (broad SMARTS) is 1. The minimum atomic E-state index is -1.13. The molecule has 0 saturated carbocycles. The van der Waals surface area contributed by atoms with Gasteiger partial charge in [0.05, 0.1) is 5.56 Å². The van der Waals surface area contributed by atoms with Gasteiger partial charge in [-0.05, 0) is 24.5 Å². The second-order valence-corrected chi connectivity index (χ2v) is 4.70. The Morgan fingerprint density at radius 1 is 1.62 bits per heavy atom. The van der Waals surface area contributed by atoms with Crippen molar-refractivity contribution in [2.24, 2.45) is 0 Å². The van der Waals surface area contributed by atoms with Crippen molar-refractivity contribution in [3.8, 4) is 0 Å². The number of carboxylic acids is 1. The largest absolute Gasteiger partial charge is 0.478 e. The van der Waals surface area contributed by atoms with Gasteiger partial charge < -0.3 is 10.4 Å². The Bertz CT molecular complexity index is 384. The lowest BCUT2D eigenvalue weighted by atomic mass is 10.1. The van der Waals surface area contributed by atoms with Gasteiger partial charge in [-0.15, -0.1) is 0 Å². The summed E-state index contributed by atoms with van der Waals surface area (Å²) in [4.78, 5) is 10.9. The molecule has 3 nitrogen and oxygen atoms in total. The first-order chi connectivity index (χ1) is 7.54. The van der Waals surface area contributed by atoms with Crippen molar-refractivity contribution in [2.45, 2.75) is 12.2 Å². The summed E-state index contributed by atoms with van der Waals surface area (Å²) in [5, 5.41) is 12.3. The molecule has 88 valence electrons. The Morgan fingerprint density at radius 2 is 2.31 bits per heavy atom. The minimum Gasteiger partial charge on any atom is -0.478 e. The molecule has 0 aliphatic carbocycles. The van der Waals surface area contributed by atoms with Gasteiger partial charge in [0.1, 0.15) is 5.82 Å². The third kappa shape index (κ3) is 3.41. The average Bonchev–Trinajstić information content (AvgIpc) is 2.26. The first kappa shape index (κ1) is 12.8. The molecule has 1 unspecified atom stereocenters. The molecule has 0 bridgehead atoms. The zero-order valence-electron chi connectivity index (χ0n) is 9.16. The van der Waals surface area contributed by atoms with Crippen LogP contribution in [-0.2, 0) is 0 Å². The Balaban J connectivity index is 2.82. The highest BCUT2D eigenvalue weighted by atomic mass is 32.2. The van der Waals surface area contributed by atoms with Crippen molar-refractivity contribution in [1.29, 1.82) is 0 Å². The number of nitrogens with one attached hydrogen (secondary N) is 1. The van der Waals surface area contributed by atoms with E-state index in [-0.39, 0.29) is 5.56 Å². The number of aromatic carboxylic acids is 1. The van der Waals surface area contributed by atoms with Gasteiger partial charge in [-0.2, -0.15) is 11.8 Å². The molecule has 0 aliphatic heterocycles. The summed E-state index contributed by atoms with van der Waals surface area (Å²) in [5.74, 6) is -1.67. The summed E-state index contributed by atoms with van der Waals surface area (Å²) < 4.78 is 12.9. The smallest absolute Gasteiger partial charge is 0.337 e. The number of carbonyl (C=O) groups is 1. The van der Waals surface area contributed by atoms with E-state index in [1.54, 1.807) is 11.8 Å². The molecular formula is C11H14FNO2S. The van der Waals surface area contributed by atoms with Crippen molar-refractivity contribution >= 4 is 23.4 Å². The van der Waals surface area contributed by atoms with Crippen LogP contribution in [0.4, 0.5) is 10.1 Å². The highest BCUT2D eigenvalue weighted by Crippen LogP contribution is 2.18. The van der Waals surface area contributed by atoms with Crippen LogP contribution >= 0.6 is 11.8 Å². The molecular weight excluding hydrogens is 229 g/mol. The molecule has 1 aromatic carbocycles. The number of thioether (sulfide) groups is 1. The number of hydrogen-bond acceptors (Lipinski definition) is 3. The van der Waals surface area contributed by atoms with E-state index in [4.69, 9.17) is 5.11 Å². The molecule has 0 saturated heterocycles. The van der Waals surface area contributed by atoms with E-state index < -0.39 is 11.8 Å². The van der Waals surface area contributed by atoms with Crippen LogP contribution in [0.15, 0.2) is 18.2 Å². The molecule has 5 heteroatoms. The molecule has 0 heterocycles. The lowest BCUT2D eigenvalue weighted by Gasteiger charge is -2.13. The van der Waals surface area contributed by atoms with Crippen molar-refractivity contribution in [3.63, 3.8) is 0 Å². The van der Waals surface area contributed by atoms with E-state index in [2.05, 4.69) is 5.32 Å². The number of benzene rings is 1. The first-order valence-electron chi connectivity index (χ1n) is 4.84. The Hall–Kier alpha value is -1.23. The molecule has 0 radical (unpaired) electrons. The summed E-state index contributed by atoms with van der Waals surface area (Å²) in [6, 6.07) is 3.72. The highest BCUT2D eigenvalue weighted by molar-refractivity contribution is 7.99. The predicted octanol–water partition coefficient (Wildman–Crippen LogP) is 2.69. The SMILES string of the molecule is CSC(C)CNc1ccc(F)cc1C(=O)O. The Morgan fingerprint density at radius 3 is 2.88 bits per heavy atom. The second-order valence-electron chi connectivity index (χ2n) is 3.42. The van der Waals surface area contributed by atoms with Crippen LogP contribution in [-0.4, -0.2) is 29.1 Å². The average molecular weight is 243 g/mol. The fraction of sp³-hybridized carbons (Fsp3) is 0.364. The second kappa shape index (κ2) is 5.75. The fourth-order valence-electron chi connectivity index (χ4n) is 1.18. The normalized spacial score (nSPS) is 12.2. The Kier molecular flexibility index (Phi) is 4.61. The van der Waals surface area contributed by atoms with E-state index in [9.17, 15) is 9.18 Å². The minimum absolute atomic E-state index is 0.0340. The molecule has 2 N–H and O–H groups in total. The maximum absolute atomic E-state index is 12.9. The first-order valence-corrected chi connectivity index (χ1v) is 6.13. The van der Waals surface area contributed by atoms with Gasteiger partial charge in [0.25, 0.3) is 0 Å². The molecule has 0 aromatic heterocycles. The van der Waals surface area contributed by atoms with E-state index in [0.717, 1.165) is 6.07 Å². The van der Waals surface area contributed by atoms with Crippen LogP contribution in [0, 0.1) is 5.82 Å². The summed E-state index contributed by atoms with van der Waals surface area (Å²) in [5.41, 5.74) is 0.420. The highest BCUT2D eigenvalue weighted by Gasteiger charge is 2.11. The van der Waals surface area contributed by atoms with Gasteiger partial charge in [-0.25, -0.2) is 9.18 Å². The number of halogens is 1. The fourth-order valence-corrected chi connectivity index (χ4v) is 1.43. The number of rotatable bonds is 5. The molecule has 0 spiro atoms. The van der Waals surface area contributed by atoms with Crippen LogP contribution in [0.5, 0.6) is 0 Å². The summed E-state index contributed by atoms with van der Waals surface area (Å²) in [7, 11) is 0. The number of hydrogen-bond donors (Lipinski definition) is 2. The van der Waals surface area contributed by atoms with Crippen LogP contribution in [0.3, 0.4) is 0 Å². The third-order valence-electron chi connectivity index (χ3n) is 2.19. The van der Waals surface area contributed by atoms with Gasteiger partial charge in [0, 0.05) is 17.5 Å². The topological polar surface area (TPSA) is 49.3 Å².